The van der Waals surface area contributed by atoms with Gasteiger partial charge in [0.25, 0.3) is 0 Å². The number of hydrogen-bond acceptors (Lipinski definition) is 6. The van der Waals surface area contributed by atoms with Crippen molar-refractivity contribution in [3.63, 3.8) is 0 Å². The number of hydrazine groups is 1. The van der Waals surface area contributed by atoms with Gasteiger partial charge in [0, 0.05) is 10.7 Å². The van der Waals surface area contributed by atoms with Crippen LogP contribution in [0.1, 0.15) is 0 Å². The molecule has 3 rings (SSSR count). The van der Waals surface area contributed by atoms with Gasteiger partial charge >= 0.3 is 6.03 Å². The predicted molar refractivity (Wildman–Crippen MR) is 102 cm³/mol. The Balaban J connectivity index is 1.46. The lowest BCUT2D eigenvalue weighted by Crippen LogP contribution is -2.44. The number of para-hydroxylation sites is 1. The standard InChI is InChI=1S/C16H14ClN7O2S/c17-11-6-8-12(9-7-11)18-15(26)20-19-14(25)10-27-16-21-22-23-24(16)13-4-2-1-3-5-13/h1-9H,10H2,(H,19,25)(H2,18,20,26). The van der Waals surface area contributed by atoms with Crippen LogP contribution in [0.5, 0.6) is 0 Å². The highest BCUT2D eigenvalue weighted by Gasteiger charge is 2.12. The van der Waals surface area contributed by atoms with E-state index in [1.54, 1.807) is 24.3 Å². The summed E-state index contributed by atoms with van der Waals surface area (Å²) in [5, 5.41) is 15.0. The molecular formula is C16H14ClN7O2S. The number of halogens is 1. The minimum atomic E-state index is -0.579. The highest BCUT2D eigenvalue weighted by Crippen LogP contribution is 2.17. The Morgan fingerprint density at radius 3 is 2.52 bits per heavy atom. The second-order valence-electron chi connectivity index (χ2n) is 5.13. The molecule has 0 aliphatic heterocycles. The molecule has 0 aliphatic carbocycles. The van der Waals surface area contributed by atoms with Crippen molar-refractivity contribution < 1.29 is 9.59 Å². The van der Waals surface area contributed by atoms with Crippen molar-refractivity contribution in [1.29, 1.82) is 0 Å². The number of amides is 3. The third kappa shape index (κ3) is 5.43. The molecule has 0 radical (unpaired) electrons. The lowest BCUT2D eigenvalue weighted by Gasteiger charge is -2.09. The third-order valence-corrected chi connectivity index (χ3v) is 4.36. The number of urea groups is 1. The summed E-state index contributed by atoms with van der Waals surface area (Å²) in [6, 6.07) is 15.3. The van der Waals surface area contributed by atoms with Gasteiger partial charge in [0.15, 0.2) is 0 Å². The molecule has 0 spiro atoms. The van der Waals surface area contributed by atoms with E-state index in [-0.39, 0.29) is 5.75 Å². The van der Waals surface area contributed by atoms with Gasteiger partial charge in [-0.2, -0.15) is 4.68 Å². The van der Waals surface area contributed by atoms with Crippen LogP contribution in [0.4, 0.5) is 10.5 Å². The number of tetrazole rings is 1. The van der Waals surface area contributed by atoms with Crippen LogP contribution in [-0.2, 0) is 4.79 Å². The molecule has 0 aliphatic rings. The summed E-state index contributed by atoms with van der Waals surface area (Å²) in [7, 11) is 0. The van der Waals surface area contributed by atoms with Gasteiger partial charge in [0.1, 0.15) is 0 Å². The number of benzene rings is 2. The number of rotatable bonds is 5. The average Bonchev–Trinajstić information content (AvgIpc) is 3.16. The Morgan fingerprint density at radius 2 is 1.78 bits per heavy atom. The molecule has 3 amide bonds. The first kappa shape index (κ1) is 18.7. The van der Waals surface area contributed by atoms with Crippen molar-refractivity contribution in [3.05, 3.63) is 59.6 Å². The molecule has 0 fully saturated rings. The molecule has 0 saturated carbocycles. The van der Waals surface area contributed by atoms with E-state index >= 15 is 0 Å². The summed E-state index contributed by atoms with van der Waals surface area (Å²) >= 11 is 6.92. The van der Waals surface area contributed by atoms with Crippen LogP contribution < -0.4 is 16.2 Å². The number of hydrogen-bond donors (Lipinski definition) is 3. The Morgan fingerprint density at radius 1 is 1.04 bits per heavy atom. The Labute approximate surface area is 163 Å². The molecule has 138 valence electrons. The molecule has 2 aromatic carbocycles. The number of nitrogens with zero attached hydrogens (tertiary/aromatic N) is 4. The summed E-state index contributed by atoms with van der Waals surface area (Å²) in [5.74, 6) is -0.386. The molecule has 0 bridgehead atoms. The van der Waals surface area contributed by atoms with Gasteiger partial charge in [0.05, 0.1) is 11.4 Å². The summed E-state index contributed by atoms with van der Waals surface area (Å²) in [4.78, 5) is 23.7. The lowest BCUT2D eigenvalue weighted by molar-refractivity contribution is -0.119. The third-order valence-electron chi connectivity index (χ3n) is 3.19. The van der Waals surface area contributed by atoms with E-state index in [9.17, 15) is 9.59 Å². The molecule has 0 saturated heterocycles. The van der Waals surface area contributed by atoms with Gasteiger partial charge in [0.2, 0.25) is 11.1 Å². The largest absolute Gasteiger partial charge is 0.337 e. The molecular weight excluding hydrogens is 390 g/mol. The normalized spacial score (nSPS) is 10.3. The fourth-order valence-corrected chi connectivity index (χ4v) is 2.81. The van der Waals surface area contributed by atoms with E-state index in [2.05, 4.69) is 31.7 Å². The maximum Gasteiger partial charge on any atom is 0.337 e. The van der Waals surface area contributed by atoms with Crippen LogP contribution in [0.15, 0.2) is 59.8 Å². The number of carbonyl (C=O) groups is 2. The maximum atomic E-state index is 11.9. The molecule has 1 aromatic heterocycles. The van der Waals surface area contributed by atoms with Crippen LogP contribution >= 0.6 is 23.4 Å². The van der Waals surface area contributed by atoms with Crippen LogP contribution in [0.25, 0.3) is 5.69 Å². The fraction of sp³-hybridized carbons (Fsp3) is 0.0625. The Hall–Kier alpha value is -3.11. The zero-order chi connectivity index (χ0) is 19.1. The van der Waals surface area contributed by atoms with Crippen molar-refractivity contribution in [3.8, 4) is 5.69 Å². The molecule has 0 unspecified atom stereocenters. The average molecular weight is 404 g/mol. The van der Waals surface area contributed by atoms with E-state index < -0.39 is 11.9 Å². The second-order valence-corrected chi connectivity index (χ2v) is 6.51. The second kappa shape index (κ2) is 9.01. The molecule has 3 N–H and O–H groups in total. The highest BCUT2D eigenvalue weighted by molar-refractivity contribution is 7.99. The van der Waals surface area contributed by atoms with Gasteiger partial charge in [-0.15, -0.1) is 5.10 Å². The Bertz CT molecular complexity index is 918. The summed E-state index contributed by atoms with van der Waals surface area (Å²) in [5.41, 5.74) is 5.90. The van der Waals surface area contributed by atoms with Crippen LogP contribution in [0.3, 0.4) is 0 Å². The van der Waals surface area contributed by atoms with E-state index in [4.69, 9.17) is 11.6 Å². The number of anilines is 1. The molecule has 9 nitrogen and oxygen atoms in total. The van der Waals surface area contributed by atoms with Crippen molar-refractivity contribution in [1.82, 2.24) is 31.1 Å². The topological polar surface area (TPSA) is 114 Å². The number of nitrogens with one attached hydrogen (secondary N) is 3. The maximum absolute atomic E-state index is 11.9. The minimum absolute atomic E-state index is 0.0223. The van der Waals surface area contributed by atoms with Crippen molar-refractivity contribution >= 4 is 41.0 Å². The van der Waals surface area contributed by atoms with Crippen LogP contribution in [-0.4, -0.2) is 37.9 Å². The Kier molecular flexibility index (Phi) is 6.23. The molecule has 1 heterocycles. The van der Waals surface area contributed by atoms with Gasteiger partial charge in [-0.1, -0.05) is 41.6 Å². The monoisotopic (exact) mass is 403 g/mol. The predicted octanol–water partition coefficient (Wildman–Crippen LogP) is 2.26. The zero-order valence-electron chi connectivity index (χ0n) is 13.8. The summed E-state index contributed by atoms with van der Waals surface area (Å²) in [6.45, 7) is 0. The number of aromatic nitrogens is 4. The van der Waals surface area contributed by atoms with Gasteiger partial charge in [-0.05, 0) is 46.8 Å². The first-order chi connectivity index (χ1) is 13.1. The van der Waals surface area contributed by atoms with E-state index in [0.717, 1.165) is 17.4 Å². The van der Waals surface area contributed by atoms with Crippen LogP contribution in [0.2, 0.25) is 5.02 Å². The fourth-order valence-electron chi connectivity index (χ4n) is 1.99. The van der Waals surface area contributed by atoms with Crippen molar-refractivity contribution in [2.75, 3.05) is 11.1 Å². The summed E-state index contributed by atoms with van der Waals surface area (Å²) < 4.78 is 1.53. The minimum Gasteiger partial charge on any atom is -0.307 e. The number of thioether (sulfide) groups is 1. The SMILES string of the molecule is O=C(CSc1nnnn1-c1ccccc1)NNC(=O)Nc1ccc(Cl)cc1. The lowest BCUT2D eigenvalue weighted by atomic mass is 10.3. The highest BCUT2D eigenvalue weighted by atomic mass is 35.5. The summed E-state index contributed by atoms with van der Waals surface area (Å²) in [6.07, 6.45) is 0. The van der Waals surface area contributed by atoms with Crippen molar-refractivity contribution in [2.45, 2.75) is 5.16 Å². The van der Waals surface area contributed by atoms with Gasteiger partial charge in [-0.3, -0.25) is 10.2 Å². The zero-order valence-corrected chi connectivity index (χ0v) is 15.4. The van der Waals surface area contributed by atoms with E-state index in [0.29, 0.717) is 15.9 Å². The van der Waals surface area contributed by atoms with E-state index in [1.165, 1.54) is 4.68 Å². The first-order valence-electron chi connectivity index (χ1n) is 7.70. The van der Waals surface area contributed by atoms with Gasteiger partial charge in [-0.25, -0.2) is 10.2 Å². The van der Waals surface area contributed by atoms with Crippen LogP contribution in [0, 0.1) is 0 Å². The number of carbonyl (C=O) groups excluding carboxylic acids is 2. The molecule has 11 heteroatoms. The molecule has 3 aromatic rings. The smallest absolute Gasteiger partial charge is 0.307 e. The quantitative estimate of drug-likeness (QED) is 0.444. The van der Waals surface area contributed by atoms with Gasteiger partial charge < -0.3 is 5.32 Å². The molecule has 27 heavy (non-hydrogen) atoms. The van der Waals surface area contributed by atoms with Crippen molar-refractivity contribution in [2.24, 2.45) is 0 Å². The van der Waals surface area contributed by atoms with E-state index in [1.807, 2.05) is 30.3 Å². The molecule has 0 atom stereocenters. The first-order valence-corrected chi connectivity index (χ1v) is 9.06.